The van der Waals surface area contributed by atoms with Gasteiger partial charge in [0.25, 0.3) is 5.91 Å². The fourth-order valence-corrected chi connectivity index (χ4v) is 4.65. The third-order valence-electron chi connectivity index (χ3n) is 5.58. The maximum Gasteiger partial charge on any atom is 0.272 e. The molecule has 4 rings (SSSR count). The van der Waals surface area contributed by atoms with Crippen LogP contribution in [0.1, 0.15) is 32.9 Å². The van der Waals surface area contributed by atoms with Crippen LogP contribution in [0, 0.1) is 13.8 Å². The Balaban J connectivity index is 1.44. The molecule has 1 heterocycles. The van der Waals surface area contributed by atoms with Crippen LogP contribution in [0.3, 0.4) is 0 Å². The summed E-state index contributed by atoms with van der Waals surface area (Å²) in [7, 11) is 1.57. The van der Waals surface area contributed by atoms with Crippen LogP contribution in [0.25, 0.3) is 5.69 Å². The first kappa shape index (κ1) is 25.5. The van der Waals surface area contributed by atoms with Gasteiger partial charge in [0.05, 0.1) is 28.4 Å². The van der Waals surface area contributed by atoms with Crippen molar-refractivity contribution >= 4 is 39.7 Å². The van der Waals surface area contributed by atoms with Gasteiger partial charge >= 0.3 is 0 Å². The zero-order chi connectivity index (χ0) is 25.7. The number of methoxy groups -OCH3 is 1. The van der Waals surface area contributed by atoms with E-state index >= 15 is 0 Å². The summed E-state index contributed by atoms with van der Waals surface area (Å²) in [6.45, 7) is 4.44. The Bertz CT molecular complexity index is 1400. The minimum atomic E-state index is -0.405. The number of amides is 1. The van der Waals surface area contributed by atoms with E-state index in [4.69, 9.17) is 21.1 Å². The molecule has 3 aromatic carbocycles. The second-order valence-electron chi connectivity index (χ2n) is 8.12. The van der Waals surface area contributed by atoms with Crippen LogP contribution >= 0.6 is 27.5 Å². The molecule has 0 atom stereocenters. The third-order valence-corrected chi connectivity index (χ3v) is 6.49. The summed E-state index contributed by atoms with van der Waals surface area (Å²) < 4.78 is 14.2. The van der Waals surface area contributed by atoms with E-state index in [2.05, 4.69) is 31.0 Å². The van der Waals surface area contributed by atoms with Gasteiger partial charge in [0.2, 0.25) is 0 Å². The van der Waals surface area contributed by atoms with Crippen LogP contribution in [0.2, 0.25) is 5.02 Å². The predicted molar refractivity (Wildman–Crippen MR) is 147 cm³/mol. The summed E-state index contributed by atoms with van der Waals surface area (Å²) in [5.74, 6) is 0.725. The maximum atomic E-state index is 12.7. The van der Waals surface area contributed by atoms with Crippen LogP contribution in [0.15, 0.2) is 82.4 Å². The predicted octanol–water partition coefficient (Wildman–Crippen LogP) is 6.86. The van der Waals surface area contributed by atoms with Crippen LogP contribution < -0.4 is 14.9 Å². The summed E-state index contributed by atoms with van der Waals surface area (Å²) in [4.78, 5) is 12.7. The molecule has 0 aliphatic rings. The molecule has 4 aromatic rings. The molecular formula is C28H25BrClN3O3. The third kappa shape index (κ3) is 5.80. The van der Waals surface area contributed by atoms with E-state index in [-0.39, 0.29) is 0 Å². The van der Waals surface area contributed by atoms with E-state index in [9.17, 15) is 4.79 Å². The molecule has 0 aliphatic carbocycles. The molecule has 8 heteroatoms. The molecule has 184 valence electrons. The number of benzene rings is 3. The standard InChI is InChI=1S/C28H25BrClN3O3/c1-18-9-10-19(2)33(18)22-11-12-23(25(30)15-22)28(34)32-31-16-21-13-24(29)27(26(14-21)35-3)36-17-20-7-5-4-6-8-20/h4-16H,17H2,1-3H3,(H,32,34)/b31-16-. The zero-order valence-electron chi connectivity index (χ0n) is 20.1. The molecule has 1 N–H and O–H groups in total. The van der Waals surface area contributed by atoms with Gasteiger partial charge in [-0.2, -0.15) is 5.10 Å². The van der Waals surface area contributed by atoms with Gasteiger partial charge in [-0.3, -0.25) is 4.79 Å². The van der Waals surface area contributed by atoms with Gasteiger partial charge in [-0.1, -0.05) is 41.9 Å². The zero-order valence-corrected chi connectivity index (χ0v) is 22.4. The van der Waals surface area contributed by atoms with Crippen molar-refractivity contribution in [3.05, 3.63) is 110 Å². The molecule has 0 saturated carbocycles. The SMILES string of the molecule is COc1cc(/C=N\NC(=O)c2ccc(-n3c(C)ccc3C)cc2Cl)cc(Br)c1OCc1ccccc1. The number of carbonyl (C=O) groups is 1. The highest BCUT2D eigenvalue weighted by Gasteiger charge is 2.14. The minimum Gasteiger partial charge on any atom is -0.493 e. The van der Waals surface area contributed by atoms with Gasteiger partial charge in [0, 0.05) is 17.1 Å². The van der Waals surface area contributed by atoms with Crippen LogP contribution in [0.5, 0.6) is 11.5 Å². The average Bonchev–Trinajstić information content (AvgIpc) is 3.21. The second kappa shape index (κ2) is 11.5. The van der Waals surface area contributed by atoms with E-state index in [1.807, 2.05) is 68.4 Å². The van der Waals surface area contributed by atoms with E-state index in [0.717, 1.165) is 22.6 Å². The summed E-state index contributed by atoms with van der Waals surface area (Å²) in [5.41, 5.74) is 7.70. The molecule has 0 fully saturated rings. The topological polar surface area (TPSA) is 64.8 Å². The first-order valence-corrected chi connectivity index (χ1v) is 12.4. The molecule has 0 bridgehead atoms. The van der Waals surface area contributed by atoms with Gasteiger partial charge < -0.3 is 14.0 Å². The monoisotopic (exact) mass is 565 g/mol. The largest absolute Gasteiger partial charge is 0.493 e. The van der Waals surface area contributed by atoms with Crippen LogP contribution in [-0.4, -0.2) is 23.8 Å². The first-order valence-electron chi connectivity index (χ1n) is 11.2. The van der Waals surface area contributed by atoms with Gasteiger partial charge in [-0.25, -0.2) is 5.43 Å². The Morgan fingerprint density at radius 3 is 2.44 bits per heavy atom. The van der Waals surface area contributed by atoms with Gasteiger partial charge in [0.15, 0.2) is 11.5 Å². The van der Waals surface area contributed by atoms with Crippen molar-refractivity contribution in [1.82, 2.24) is 9.99 Å². The van der Waals surface area contributed by atoms with Crippen molar-refractivity contribution < 1.29 is 14.3 Å². The summed E-state index contributed by atoms with van der Waals surface area (Å²) in [6, 6.07) is 22.9. The number of nitrogens with zero attached hydrogens (tertiary/aromatic N) is 2. The summed E-state index contributed by atoms with van der Waals surface area (Å²) >= 11 is 9.97. The van der Waals surface area contributed by atoms with Crippen LogP contribution in [-0.2, 0) is 6.61 Å². The Morgan fingerprint density at radius 1 is 1.06 bits per heavy atom. The quantitative estimate of drug-likeness (QED) is 0.187. The Morgan fingerprint density at radius 2 is 1.78 bits per heavy atom. The molecule has 0 spiro atoms. The van der Waals surface area contributed by atoms with Crippen molar-refractivity contribution in [1.29, 1.82) is 0 Å². The molecule has 0 saturated heterocycles. The van der Waals surface area contributed by atoms with Crippen molar-refractivity contribution in [2.75, 3.05) is 7.11 Å². The van der Waals surface area contributed by atoms with E-state index in [1.165, 1.54) is 6.21 Å². The Labute approximate surface area is 223 Å². The van der Waals surface area contributed by atoms with Gasteiger partial charge in [-0.05, 0) is 83.4 Å². The molecule has 36 heavy (non-hydrogen) atoms. The second-order valence-corrected chi connectivity index (χ2v) is 9.38. The lowest BCUT2D eigenvalue weighted by Crippen LogP contribution is -2.18. The molecule has 6 nitrogen and oxygen atoms in total. The summed E-state index contributed by atoms with van der Waals surface area (Å²) in [6.07, 6.45) is 1.53. The number of aryl methyl sites for hydroxylation is 2. The lowest BCUT2D eigenvalue weighted by atomic mass is 10.2. The van der Waals surface area contributed by atoms with E-state index in [0.29, 0.717) is 38.7 Å². The number of halogens is 2. The highest BCUT2D eigenvalue weighted by Crippen LogP contribution is 2.37. The normalized spacial score (nSPS) is 11.0. The number of rotatable bonds is 8. The maximum absolute atomic E-state index is 12.7. The molecule has 0 unspecified atom stereocenters. The first-order chi connectivity index (χ1) is 17.4. The van der Waals surface area contributed by atoms with Crippen molar-refractivity contribution in [2.24, 2.45) is 5.10 Å². The van der Waals surface area contributed by atoms with Crippen molar-refractivity contribution in [3.8, 4) is 17.2 Å². The number of hydrogen-bond acceptors (Lipinski definition) is 4. The number of aromatic nitrogens is 1. The molecule has 0 radical (unpaired) electrons. The lowest BCUT2D eigenvalue weighted by Gasteiger charge is -2.13. The Hall–Kier alpha value is -3.55. The van der Waals surface area contributed by atoms with Crippen molar-refractivity contribution in [3.63, 3.8) is 0 Å². The van der Waals surface area contributed by atoms with E-state index < -0.39 is 5.91 Å². The number of nitrogens with one attached hydrogen (secondary N) is 1. The Kier molecular flexibility index (Phi) is 8.13. The highest BCUT2D eigenvalue weighted by molar-refractivity contribution is 9.10. The smallest absolute Gasteiger partial charge is 0.272 e. The fraction of sp³-hybridized carbons (Fsp3) is 0.143. The van der Waals surface area contributed by atoms with Gasteiger partial charge in [-0.15, -0.1) is 0 Å². The number of hydrogen-bond donors (Lipinski definition) is 1. The fourth-order valence-electron chi connectivity index (χ4n) is 3.81. The molecule has 1 amide bonds. The summed E-state index contributed by atoms with van der Waals surface area (Å²) in [5, 5.41) is 4.44. The van der Waals surface area contributed by atoms with Crippen LogP contribution in [0.4, 0.5) is 0 Å². The molecule has 1 aromatic heterocycles. The molecular weight excluding hydrogens is 542 g/mol. The molecule has 0 aliphatic heterocycles. The number of hydrazone groups is 1. The van der Waals surface area contributed by atoms with Gasteiger partial charge in [0.1, 0.15) is 6.61 Å². The van der Waals surface area contributed by atoms with Crippen molar-refractivity contribution in [2.45, 2.75) is 20.5 Å². The minimum absolute atomic E-state index is 0.337. The lowest BCUT2D eigenvalue weighted by molar-refractivity contribution is 0.0955. The van der Waals surface area contributed by atoms with E-state index in [1.54, 1.807) is 25.3 Å². The number of carbonyl (C=O) groups excluding carboxylic acids is 1. The number of ether oxygens (including phenoxy) is 2. The highest BCUT2D eigenvalue weighted by atomic mass is 79.9. The average molecular weight is 567 g/mol.